The maximum Gasteiger partial charge on any atom is 0.253 e. The Morgan fingerprint density at radius 1 is 1.35 bits per heavy atom. The minimum Gasteiger partial charge on any atom is -0.497 e. The number of nitrogens with zero attached hydrogens (tertiary/aromatic N) is 1. The highest BCUT2D eigenvalue weighted by atomic mass is 16.5. The summed E-state index contributed by atoms with van der Waals surface area (Å²) in [5.41, 5.74) is 1.61. The van der Waals surface area contributed by atoms with E-state index in [1.807, 2.05) is 42.2 Å². The molecule has 4 heteroatoms. The Hall–Kier alpha value is -1.81. The minimum atomic E-state index is -0.334. The van der Waals surface area contributed by atoms with Crippen LogP contribution >= 0.6 is 0 Å². The number of rotatable bonds is 4. The van der Waals surface area contributed by atoms with E-state index in [1.54, 1.807) is 0 Å². The Labute approximate surface area is 137 Å². The molecule has 1 amide bonds. The van der Waals surface area contributed by atoms with Crippen LogP contribution in [-0.2, 0) is 14.9 Å². The first-order chi connectivity index (χ1) is 11.2. The molecule has 1 aromatic carbocycles. The second-order valence-electron chi connectivity index (χ2n) is 6.49. The van der Waals surface area contributed by atoms with Gasteiger partial charge in [-0.2, -0.15) is 0 Å². The van der Waals surface area contributed by atoms with Gasteiger partial charge in [0.05, 0.1) is 18.8 Å². The summed E-state index contributed by atoms with van der Waals surface area (Å²) < 4.78 is 5.67. The molecule has 23 heavy (non-hydrogen) atoms. The molecule has 0 aliphatic carbocycles. The number of aliphatic hydroxyl groups excluding tert-OH is 1. The molecule has 0 radical (unpaired) electrons. The molecule has 0 bridgehead atoms. The van der Waals surface area contributed by atoms with Crippen molar-refractivity contribution >= 4 is 5.91 Å². The lowest BCUT2D eigenvalue weighted by atomic mass is 9.80. The number of carbonyl (C=O) groups is 1. The van der Waals surface area contributed by atoms with Gasteiger partial charge in [0.1, 0.15) is 5.76 Å². The molecule has 1 fully saturated rings. The van der Waals surface area contributed by atoms with Crippen molar-refractivity contribution in [2.45, 2.75) is 38.0 Å². The fraction of sp³-hybridized carbons (Fsp3) is 0.526. The van der Waals surface area contributed by atoms with Crippen LogP contribution in [0.4, 0.5) is 0 Å². The fourth-order valence-electron chi connectivity index (χ4n) is 3.70. The van der Waals surface area contributed by atoms with Gasteiger partial charge in [-0.05, 0) is 24.8 Å². The summed E-state index contributed by atoms with van der Waals surface area (Å²) in [6.07, 6.45) is 3.27. The predicted molar refractivity (Wildman–Crippen MR) is 88.9 cm³/mol. The molecule has 0 spiro atoms. The molecule has 124 valence electrons. The highest BCUT2D eigenvalue weighted by molar-refractivity contribution is 5.94. The van der Waals surface area contributed by atoms with Crippen LogP contribution in [0.5, 0.6) is 0 Å². The summed E-state index contributed by atoms with van der Waals surface area (Å²) in [7, 11) is 0. The van der Waals surface area contributed by atoms with E-state index in [2.05, 4.69) is 0 Å². The first-order valence-corrected chi connectivity index (χ1v) is 8.50. The smallest absolute Gasteiger partial charge is 0.253 e. The summed E-state index contributed by atoms with van der Waals surface area (Å²) in [5.74, 6) is 0.940. The Morgan fingerprint density at radius 2 is 2.13 bits per heavy atom. The molecular weight excluding hydrogens is 290 g/mol. The molecule has 1 saturated heterocycles. The standard InChI is InChI=1S/C19H25NO3/c1-2-17-16(9-6-12-23-17)18(22)20-11-10-19(13-20,14-21)15-7-4-3-5-8-15/h3-5,7-8,21H,2,6,9-14H2,1H3. The molecule has 0 aromatic heterocycles. The van der Waals surface area contributed by atoms with Gasteiger partial charge in [0.2, 0.25) is 0 Å². The number of aliphatic hydroxyl groups is 1. The summed E-state index contributed by atoms with van der Waals surface area (Å²) in [6, 6.07) is 10.0. The van der Waals surface area contributed by atoms with E-state index in [0.29, 0.717) is 19.7 Å². The van der Waals surface area contributed by atoms with Gasteiger partial charge in [0, 0.05) is 24.9 Å². The zero-order chi connectivity index (χ0) is 16.3. The third-order valence-corrected chi connectivity index (χ3v) is 5.09. The number of ether oxygens (including phenoxy) is 1. The van der Waals surface area contributed by atoms with Crippen molar-refractivity contribution in [3.63, 3.8) is 0 Å². The van der Waals surface area contributed by atoms with Crippen molar-refractivity contribution in [3.8, 4) is 0 Å². The zero-order valence-electron chi connectivity index (χ0n) is 13.8. The van der Waals surface area contributed by atoms with Gasteiger partial charge in [-0.15, -0.1) is 0 Å². The molecular formula is C19H25NO3. The predicted octanol–water partition coefficient (Wildman–Crippen LogP) is 2.62. The van der Waals surface area contributed by atoms with E-state index >= 15 is 0 Å². The number of carbonyl (C=O) groups excluding carboxylic acids is 1. The highest BCUT2D eigenvalue weighted by Gasteiger charge is 2.41. The number of likely N-dealkylation sites (tertiary alicyclic amines) is 1. The normalized spacial score (nSPS) is 24.7. The lowest BCUT2D eigenvalue weighted by Gasteiger charge is -2.29. The van der Waals surface area contributed by atoms with Gasteiger partial charge in [0.15, 0.2) is 0 Å². The Bertz CT molecular complexity index is 596. The molecule has 1 atom stereocenters. The second kappa shape index (κ2) is 6.75. The first kappa shape index (κ1) is 16.1. The SMILES string of the molecule is CCC1=C(C(=O)N2CCC(CO)(c3ccccc3)C2)CCCO1. The molecule has 4 nitrogen and oxygen atoms in total. The van der Waals surface area contributed by atoms with Gasteiger partial charge < -0.3 is 14.7 Å². The third-order valence-electron chi connectivity index (χ3n) is 5.09. The Kier molecular flexibility index (Phi) is 4.71. The molecule has 2 aliphatic rings. The fourth-order valence-corrected chi connectivity index (χ4v) is 3.70. The number of hydrogen-bond acceptors (Lipinski definition) is 3. The monoisotopic (exact) mass is 315 g/mol. The summed E-state index contributed by atoms with van der Waals surface area (Å²) in [5, 5.41) is 10.0. The van der Waals surface area contributed by atoms with Crippen LogP contribution in [-0.4, -0.2) is 42.2 Å². The van der Waals surface area contributed by atoms with Crippen molar-refractivity contribution in [1.82, 2.24) is 4.90 Å². The molecule has 2 heterocycles. The topological polar surface area (TPSA) is 49.8 Å². The van der Waals surface area contributed by atoms with Crippen LogP contribution in [0.15, 0.2) is 41.7 Å². The third kappa shape index (κ3) is 3.00. The average Bonchev–Trinajstić information content (AvgIpc) is 3.08. The Balaban J connectivity index is 1.81. The van der Waals surface area contributed by atoms with E-state index in [4.69, 9.17) is 4.74 Å². The highest BCUT2D eigenvalue weighted by Crippen LogP contribution is 2.35. The quantitative estimate of drug-likeness (QED) is 0.929. The molecule has 2 aliphatic heterocycles. The summed E-state index contributed by atoms with van der Waals surface area (Å²) in [6.45, 7) is 4.07. The Morgan fingerprint density at radius 3 is 2.83 bits per heavy atom. The zero-order valence-corrected chi connectivity index (χ0v) is 13.8. The molecule has 3 rings (SSSR count). The van der Waals surface area contributed by atoms with Crippen LogP contribution in [0.1, 0.15) is 38.2 Å². The minimum absolute atomic E-state index is 0.0664. The van der Waals surface area contributed by atoms with Gasteiger partial charge in [-0.1, -0.05) is 37.3 Å². The van der Waals surface area contributed by atoms with Crippen LogP contribution in [0.3, 0.4) is 0 Å². The van der Waals surface area contributed by atoms with Gasteiger partial charge >= 0.3 is 0 Å². The van der Waals surface area contributed by atoms with Crippen molar-refractivity contribution in [3.05, 3.63) is 47.2 Å². The van der Waals surface area contributed by atoms with Crippen molar-refractivity contribution in [2.75, 3.05) is 26.3 Å². The summed E-state index contributed by atoms with van der Waals surface area (Å²) in [4.78, 5) is 14.8. The van der Waals surface area contributed by atoms with Crippen LogP contribution in [0, 0.1) is 0 Å². The van der Waals surface area contributed by atoms with Crippen molar-refractivity contribution in [2.24, 2.45) is 0 Å². The lowest BCUT2D eigenvalue weighted by Crippen LogP contribution is -2.38. The van der Waals surface area contributed by atoms with E-state index in [9.17, 15) is 9.90 Å². The second-order valence-corrected chi connectivity index (χ2v) is 6.49. The maximum absolute atomic E-state index is 12.9. The number of hydrogen-bond donors (Lipinski definition) is 1. The van der Waals surface area contributed by atoms with E-state index in [-0.39, 0.29) is 17.9 Å². The van der Waals surface area contributed by atoms with E-state index < -0.39 is 0 Å². The first-order valence-electron chi connectivity index (χ1n) is 8.50. The van der Waals surface area contributed by atoms with Crippen LogP contribution in [0.25, 0.3) is 0 Å². The van der Waals surface area contributed by atoms with Crippen molar-refractivity contribution < 1.29 is 14.6 Å². The molecule has 1 aromatic rings. The molecule has 0 saturated carbocycles. The number of benzene rings is 1. The maximum atomic E-state index is 12.9. The van der Waals surface area contributed by atoms with E-state index in [0.717, 1.165) is 42.6 Å². The number of amides is 1. The van der Waals surface area contributed by atoms with E-state index in [1.165, 1.54) is 0 Å². The molecule has 1 unspecified atom stereocenters. The van der Waals surface area contributed by atoms with Crippen LogP contribution < -0.4 is 0 Å². The lowest BCUT2D eigenvalue weighted by molar-refractivity contribution is -0.127. The van der Waals surface area contributed by atoms with Crippen molar-refractivity contribution in [1.29, 1.82) is 0 Å². The largest absolute Gasteiger partial charge is 0.497 e. The van der Waals surface area contributed by atoms with Gasteiger partial charge in [0.25, 0.3) is 5.91 Å². The van der Waals surface area contributed by atoms with Gasteiger partial charge in [-0.25, -0.2) is 0 Å². The van der Waals surface area contributed by atoms with Crippen LogP contribution in [0.2, 0.25) is 0 Å². The summed E-state index contributed by atoms with van der Waals surface area (Å²) >= 11 is 0. The number of allylic oxidation sites excluding steroid dienone is 1. The van der Waals surface area contributed by atoms with Gasteiger partial charge in [-0.3, -0.25) is 4.79 Å². The molecule has 1 N–H and O–H groups in total. The average molecular weight is 315 g/mol.